The van der Waals surface area contributed by atoms with Crippen LogP contribution >= 0.6 is 0 Å². The van der Waals surface area contributed by atoms with Gasteiger partial charge in [0, 0.05) is 0 Å². The molecule has 0 radical (unpaired) electrons. The van der Waals surface area contributed by atoms with Gasteiger partial charge in [0.25, 0.3) is 0 Å². The summed E-state index contributed by atoms with van der Waals surface area (Å²) in [6, 6.07) is 8.71. The molecule has 1 N–H and O–H groups in total. The van der Waals surface area contributed by atoms with E-state index in [2.05, 4.69) is 31.2 Å². The normalized spacial score (nSPS) is 40.0. The summed E-state index contributed by atoms with van der Waals surface area (Å²) in [5, 5.41) is 10.8. The van der Waals surface area contributed by atoms with Crippen molar-refractivity contribution in [2.75, 3.05) is 0 Å². The standard InChI is InChI=1S/C19H26O/c1-12-2-4-13(5-3-12)11-18(20)19-16-7-14-6-15(9-16)10-17(19)8-14/h2-5,14-20H,6-11H2,1H3. The first-order valence-electron chi connectivity index (χ1n) is 8.42. The second-order valence-electron chi connectivity index (χ2n) is 7.77. The van der Waals surface area contributed by atoms with E-state index in [1.807, 2.05) is 0 Å². The van der Waals surface area contributed by atoms with Gasteiger partial charge in [0.15, 0.2) is 0 Å². The number of aliphatic hydroxyl groups is 1. The number of rotatable bonds is 3. The van der Waals surface area contributed by atoms with E-state index in [1.165, 1.54) is 43.2 Å². The second-order valence-corrected chi connectivity index (χ2v) is 7.77. The summed E-state index contributed by atoms with van der Waals surface area (Å²) in [5.41, 5.74) is 2.61. The molecule has 0 aliphatic heterocycles. The van der Waals surface area contributed by atoms with Crippen LogP contribution in [-0.2, 0) is 6.42 Å². The molecule has 4 saturated carbocycles. The largest absolute Gasteiger partial charge is 0.392 e. The minimum absolute atomic E-state index is 0.118. The monoisotopic (exact) mass is 270 g/mol. The Morgan fingerprint density at radius 2 is 1.50 bits per heavy atom. The molecule has 1 aromatic carbocycles. The molecule has 0 aromatic heterocycles. The number of aliphatic hydroxyl groups excluding tert-OH is 1. The summed E-state index contributed by atoms with van der Waals surface area (Å²) in [6.07, 6.45) is 7.85. The molecule has 4 fully saturated rings. The Morgan fingerprint density at radius 1 is 0.950 bits per heavy atom. The topological polar surface area (TPSA) is 20.2 Å². The molecule has 1 atom stereocenters. The highest BCUT2D eigenvalue weighted by atomic mass is 16.3. The van der Waals surface area contributed by atoms with Gasteiger partial charge in [-0.3, -0.25) is 0 Å². The quantitative estimate of drug-likeness (QED) is 0.881. The Labute approximate surface area is 122 Å². The zero-order valence-corrected chi connectivity index (χ0v) is 12.5. The van der Waals surface area contributed by atoms with Crippen LogP contribution in [0.4, 0.5) is 0 Å². The number of benzene rings is 1. The van der Waals surface area contributed by atoms with Gasteiger partial charge in [0.05, 0.1) is 6.10 Å². The van der Waals surface area contributed by atoms with Gasteiger partial charge in [-0.1, -0.05) is 29.8 Å². The van der Waals surface area contributed by atoms with E-state index in [0.29, 0.717) is 5.92 Å². The van der Waals surface area contributed by atoms with Crippen molar-refractivity contribution in [1.29, 1.82) is 0 Å². The molecule has 4 aliphatic carbocycles. The van der Waals surface area contributed by atoms with Crippen molar-refractivity contribution in [2.24, 2.45) is 29.6 Å². The Bertz CT molecular complexity index is 447. The van der Waals surface area contributed by atoms with E-state index >= 15 is 0 Å². The predicted molar refractivity (Wildman–Crippen MR) is 81.4 cm³/mol. The molecule has 5 rings (SSSR count). The maximum atomic E-state index is 10.8. The van der Waals surface area contributed by atoms with Crippen molar-refractivity contribution in [3.8, 4) is 0 Å². The molecule has 0 heterocycles. The Balaban J connectivity index is 1.48. The van der Waals surface area contributed by atoms with Crippen LogP contribution in [0.25, 0.3) is 0 Å². The van der Waals surface area contributed by atoms with Crippen molar-refractivity contribution in [3.63, 3.8) is 0 Å². The molecule has 1 heteroatoms. The van der Waals surface area contributed by atoms with Crippen LogP contribution in [0.2, 0.25) is 0 Å². The van der Waals surface area contributed by atoms with Crippen LogP contribution in [0.15, 0.2) is 24.3 Å². The summed E-state index contributed by atoms with van der Waals surface area (Å²) >= 11 is 0. The first kappa shape index (κ1) is 12.9. The maximum absolute atomic E-state index is 10.8. The van der Waals surface area contributed by atoms with Gasteiger partial charge >= 0.3 is 0 Å². The Morgan fingerprint density at radius 3 is 2.05 bits per heavy atom. The summed E-state index contributed by atoms with van der Waals surface area (Å²) < 4.78 is 0. The smallest absolute Gasteiger partial charge is 0.0614 e. The minimum atomic E-state index is -0.118. The summed E-state index contributed by atoms with van der Waals surface area (Å²) in [6.45, 7) is 2.12. The van der Waals surface area contributed by atoms with Crippen LogP contribution in [-0.4, -0.2) is 11.2 Å². The van der Waals surface area contributed by atoms with Crippen LogP contribution in [0.5, 0.6) is 0 Å². The van der Waals surface area contributed by atoms with E-state index in [0.717, 1.165) is 30.1 Å². The number of hydrogen-bond acceptors (Lipinski definition) is 1. The molecule has 1 unspecified atom stereocenters. The van der Waals surface area contributed by atoms with E-state index in [4.69, 9.17) is 0 Å². The highest BCUT2D eigenvalue weighted by Gasteiger charge is 2.50. The van der Waals surface area contributed by atoms with Gasteiger partial charge in [0.2, 0.25) is 0 Å². The lowest BCUT2D eigenvalue weighted by Gasteiger charge is -2.55. The fourth-order valence-corrected chi connectivity index (χ4v) is 5.70. The summed E-state index contributed by atoms with van der Waals surface area (Å²) in [5.74, 6) is 4.24. The maximum Gasteiger partial charge on any atom is 0.0614 e. The van der Waals surface area contributed by atoms with Crippen LogP contribution in [0, 0.1) is 36.5 Å². The molecule has 4 bridgehead atoms. The van der Waals surface area contributed by atoms with E-state index in [1.54, 1.807) is 0 Å². The zero-order chi connectivity index (χ0) is 13.7. The third kappa shape index (κ3) is 2.20. The fraction of sp³-hybridized carbons (Fsp3) is 0.684. The first-order chi connectivity index (χ1) is 9.69. The van der Waals surface area contributed by atoms with Crippen molar-refractivity contribution in [3.05, 3.63) is 35.4 Å². The molecule has 20 heavy (non-hydrogen) atoms. The SMILES string of the molecule is Cc1ccc(CC(O)C2C3CC4CC(C3)CC2C4)cc1. The lowest BCUT2D eigenvalue weighted by molar-refractivity contribution is -0.0887. The highest BCUT2D eigenvalue weighted by Crippen LogP contribution is 2.57. The molecule has 0 spiro atoms. The Kier molecular flexibility index (Phi) is 3.14. The third-order valence-corrected chi connectivity index (χ3v) is 6.31. The van der Waals surface area contributed by atoms with Crippen LogP contribution < -0.4 is 0 Å². The summed E-state index contributed by atoms with van der Waals surface area (Å²) in [7, 11) is 0. The molecule has 0 amide bonds. The average Bonchev–Trinajstić information content (AvgIpc) is 2.40. The van der Waals surface area contributed by atoms with Gasteiger partial charge in [-0.25, -0.2) is 0 Å². The lowest BCUT2D eigenvalue weighted by atomic mass is 9.50. The molecule has 1 aromatic rings. The van der Waals surface area contributed by atoms with Crippen molar-refractivity contribution >= 4 is 0 Å². The molecule has 1 nitrogen and oxygen atoms in total. The summed E-state index contributed by atoms with van der Waals surface area (Å²) in [4.78, 5) is 0. The van der Waals surface area contributed by atoms with Gasteiger partial charge in [0.1, 0.15) is 0 Å². The molecular formula is C19H26O. The average molecular weight is 270 g/mol. The van der Waals surface area contributed by atoms with E-state index < -0.39 is 0 Å². The van der Waals surface area contributed by atoms with Crippen LogP contribution in [0.3, 0.4) is 0 Å². The fourth-order valence-electron chi connectivity index (χ4n) is 5.70. The molecular weight excluding hydrogens is 244 g/mol. The van der Waals surface area contributed by atoms with Gasteiger partial charge in [-0.2, -0.15) is 0 Å². The van der Waals surface area contributed by atoms with Crippen molar-refractivity contribution in [2.45, 2.75) is 51.6 Å². The van der Waals surface area contributed by atoms with Gasteiger partial charge in [-0.05, 0) is 80.6 Å². The zero-order valence-electron chi connectivity index (χ0n) is 12.5. The van der Waals surface area contributed by atoms with Crippen molar-refractivity contribution in [1.82, 2.24) is 0 Å². The third-order valence-electron chi connectivity index (χ3n) is 6.31. The molecule has 4 aliphatic rings. The number of aryl methyl sites for hydroxylation is 1. The van der Waals surface area contributed by atoms with Crippen LogP contribution in [0.1, 0.15) is 43.2 Å². The Hall–Kier alpha value is -0.820. The highest BCUT2D eigenvalue weighted by molar-refractivity contribution is 5.22. The van der Waals surface area contributed by atoms with E-state index in [-0.39, 0.29) is 6.10 Å². The minimum Gasteiger partial charge on any atom is -0.392 e. The second kappa shape index (κ2) is 4.87. The van der Waals surface area contributed by atoms with Crippen molar-refractivity contribution < 1.29 is 5.11 Å². The van der Waals surface area contributed by atoms with Gasteiger partial charge < -0.3 is 5.11 Å². The number of hydrogen-bond donors (Lipinski definition) is 1. The molecule has 108 valence electrons. The van der Waals surface area contributed by atoms with E-state index in [9.17, 15) is 5.11 Å². The first-order valence-corrected chi connectivity index (χ1v) is 8.42. The molecule has 0 saturated heterocycles. The predicted octanol–water partition coefficient (Wildman–Crippen LogP) is 3.97. The lowest BCUT2D eigenvalue weighted by Crippen LogP contribution is -2.49. The van der Waals surface area contributed by atoms with Gasteiger partial charge in [-0.15, -0.1) is 0 Å².